The largest absolute Gasteiger partial charge is 0.484 e. The molecule has 0 unspecified atom stereocenters. The van der Waals surface area contributed by atoms with Crippen LogP contribution >= 0.6 is 24.0 Å². The fourth-order valence-electron chi connectivity index (χ4n) is 3.17. The average molecular weight is 553 g/mol. The number of aliphatic imine (C=N–C) groups is 1. The molecule has 32 heavy (non-hydrogen) atoms. The molecule has 3 rings (SSSR count). The second-order valence-corrected chi connectivity index (χ2v) is 7.42. The van der Waals surface area contributed by atoms with Crippen LogP contribution in [0, 0.1) is 0 Å². The van der Waals surface area contributed by atoms with Crippen LogP contribution in [0.4, 0.5) is 5.95 Å². The van der Waals surface area contributed by atoms with Gasteiger partial charge in [-0.25, -0.2) is 15.0 Å². The van der Waals surface area contributed by atoms with E-state index in [9.17, 15) is 4.79 Å². The van der Waals surface area contributed by atoms with Gasteiger partial charge in [0, 0.05) is 59.2 Å². The first kappa shape index (κ1) is 25.6. The van der Waals surface area contributed by atoms with Crippen molar-refractivity contribution >= 4 is 41.8 Å². The number of nitrogens with one attached hydrogen (secondary N) is 1. The predicted molar refractivity (Wildman–Crippen MR) is 137 cm³/mol. The maximum absolute atomic E-state index is 11.7. The van der Waals surface area contributed by atoms with E-state index in [0.717, 1.165) is 50.2 Å². The van der Waals surface area contributed by atoms with Crippen molar-refractivity contribution in [3.8, 4) is 5.75 Å². The molecule has 2 heterocycles. The molecule has 1 N–H and O–H groups in total. The number of anilines is 1. The molecule has 10 heteroatoms. The van der Waals surface area contributed by atoms with Gasteiger partial charge in [0.1, 0.15) is 5.75 Å². The summed E-state index contributed by atoms with van der Waals surface area (Å²) in [6.07, 6.45) is 3.54. The maximum Gasteiger partial charge on any atom is 0.259 e. The summed E-state index contributed by atoms with van der Waals surface area (Å²) in [5.74, 6) is 2.26. The second-order valence-electron chi connectivity index (χ2n) is 7.42. The molecule has 1 fully saturated rings. The summed E-state index contributed by atoms with van der Waals surface area (Å²) in [7, 11) is 3.43. The number of ether oxygens (including phenoxy) is 1. The van der Waals surface area contributed by atoms with E-state index in [0.29, 0.717) is 12.3 Å². The summed E-state index contributed by atoms with van der Waals surface area (Å²) in [5.41, 5.74) is 1.03. The molecule has 1 saturated heterocycles. The van der Waals surface area contributed by atoms with Crippen molar-refractivity contribution in [2.45, 2.75) is 13.5 Å². The van der Waals surface area contributed by atoms with Crippen molar-refractivity contribution < 1.29 is 9.53 Å². The molecule has 2 aromatic rings. The first-order chi connectivity index (χ1) is 15.1. The van der Waals surface area contributed by atoms with Crippen LogP contribution in [0.3, 0.4) is 0 Å². The standard InChI is InChI=1S/C22H31N7O2.HI/c1-4-23-21(28-11-13-29(14-12-28)22-24-9-6-10-25-22)26-16-18-7-5-8-19(15-18)31-17-20(30)27(2)3;/h5-10,15H,4,11-14,16-17H2,1-3H3,(H,23,26);1H. The highest BCUT2D eigenvalue weighted by Gasteiger charge is 2.21. The fraction of sp³-hybridized carbons (Fsp3) is 0.455. The molecule has 0 radical (unpaired) electrons. The number of guanidine groups is 1. The molecule has 1 aromatic carbocycles. The lowest BCUT2D eigenvalue weighted by Gasteiger charge is -2.36. The number of halogens is 1. The molecule has 1 amide bonds. The van der Waals surface area contributed by atoms with Crippen molar-refractivity contribution in [3.05, 3.63) is 48.3 Å². The molecule has 0 atom stereocenters. The van der Waals surface area contributed by atoms with Crippen LogP contribution in [0.15, 0.2) is 47.7 Å². The highest BCUT2D eigenvalue weighted by atomic mass is 127. The molecule has 0 saturated carbocycles. The number of piperazine rings is 1. The van der Waals surface area contributed by atoms with Crippen molar-refractivity contribution in [1.82, 2.24) is 25.1 Å². The number of rotatable bonds is 7. The topological polar surface area (TPSA) is 86.2 Å². The highest BCUT2D eigenvalue weighted by Crippen LogP contribution is 2.15. The molecule has 1 aliphatic heterocycles. The number of carbonyl (C=O) groups excluding carboxylic acids is 1. The Labute approximate surface area is 206 Å². The molecule has 9 nitrogen and oxygen atoms in total. The molecule has 0 aliphatic carbocycles. The Morgan fingerprint density at radius 3 is 2.53 bits per heavy atom. The van der Waals surface area contributed by atoms with Crippen LogP contribution in [-0.4, -0.2) is 85.1 Å². The van der Waals surface area contributed by atoms with E-state index in [1.54, 1.807) is 26.5 Å². The van der Waals surface area contributed by atoms with Gasteiger partial charge in [-0.15, -0.1) is 24.0 Å². The molecule has 0 bridgehead atoms. The molecule has 1 aliphatic rings. The Balaban J connectivity index is 0.00000363. The summed E-state index contributed by atoms with van der Waals surface area (Å²) in [4.78, 5) is 31.2. The minimum atomic E-state index is -0.0714. The van der Waals surface area contributed by atoms with Crippen LogP contribution in [0.25, 0.3) is 0 Å². The van der Waals surface area contributed by atoms with E-state index in [1.807, 2.05) is 30.3 Å². The minimum Gasteiger partial charge on any atom is -0.484 e. The van der Waals surface area contributed by atoms with Crippen molar-refractivity contribution in [2.75, 3.05) is 58.3 Å². The lowest BCUT2D eigenvalue weighted by Crippen LogP contribution is -2.52. The zero-order chi connectivity index (χ0) is 22.1. The molecule has 0 spiro atoms. The third-order valence-corrected chi connectivity index (χ3v) is 4.92. The van der Waals surface area contributed by atoms with E-state index in [2.05, 4.69) is 32.0 Å². The Bertz CT molecular complexity index is 872. The number of carbonyl (C=O) groups is 1. The molecule has 1 aromatic heterocycles. The number of benzene rings is 1. The predicted octanol–water partition coefficient (Wildman–Crippen LogP) is 1.85. The van der Waals surface area contributed by atoms with Crippen molar-refractivity contribution in [1.29, 1.82) is 0 Å². The monoisotopic (exact) mass is 553 g/mol. The smallest absolute Gasteiger partial charge is 0.259 e. The highest BCUT2D eigenvalue weighted by molar-refractivity contribution is 14.0. The van der Waals surface area contributed by atoms with Crippen molar-refractivity contribution in [2.24, 2.45) is 4.99 Å². The van der Waals surface area contributed by atoms with Gasteiger partial charge in [0.15, 0.2) is 12.6 Å². The molecular weight excluding hydrogens is 521 g/mol. The van der Waals surface area contributed by atoms with Gasteiger partial charge in [0.2, 0.25) is 5.95 Å². The number of likely N-dealkylation sites (N-methyl/N-ethyl adjacent to an activating group) is 1. The van der Waals surface area contributed by atoms with E-state index in [1.165, 1.54) is 4.90 Å². The van der Waals surface area contributed by atoms with Crippen LogP contribution in [0.2, 0.25) is 0 Å². The van der Waals surface area contributed by atoms with Gasteiger partial charge in [-0.3, -0.25) is 4.79 Å². The van der Waals surface area contributed by atoms with Crippen LogP contribution in [0.5, 0.6) is 5.75 Å². The van der Waals surface area contributed by atoms with Crippen LogP contribution in [0.1, 0.15) is 12.5 Å². The quantitative estimate of drug-likeness (QED) is 0.318. The number of nitrogens with zero attached hydrogens (tertiary/aromatic N) is 6. The van der Waals surface area contributed by atoms with Gasteiger partial charge in [-0.2, -0.15) is 0 Å². The molecule has 174 valence electrons. The summed E-state index contributed by atoms with van der Waals surface area (Å²) in [6, 6.07) is 9.55. The number of hydrogen-bond donors (Lipinski definition) is 1. The van der Waals surface area contributed by atoms with Gasteiger partial charge in [0.05, 0.1) is 6.54 Å². The van der Waals surface area contributed by atoms with Crippen LogP contribution < -0.4 is 15.0 Å². The minimum absolute atomic E-state index is 0. The third-order valence-electron chi connectivity index (χ3n) is 4.92. The van der Waals surface area contributed by atoms with Gasteiger partial charge in [-0.1, -0.05) is 12.1 Å². The first-order valence-corrected chi connectivity index (χ1v) is 10.5. The number of hydrogen-bond acceptors (Lipinski definition) is 6. The average Bonchev–Trinajstić information content (AvgIpc) is 2.81. The summed E-state index contributed by atoms with van der Waals surface area (Å²) in [5, 5.41) is 3.39. The van der Waals surface area contributed by atoms with Gasteiger partial charge in [0.25, 0.3) is 5.91 Å². The second kappa shape index (κ2) is 13.0. The van der Waals surface area contributed by atoms with Gasteiger partial charge >= 0.3 is 0 Å². The summed E-state index contributed by atoms with van der Waals surface area (Å²) in [6.45, 7) is 6.81. The normalized spacial score (nSPS) is 13.9. The Morgan fingerprint density at radius 1 is 1.16 bits per heavy atom. The zero-order valence-corrected chi connectivity index (χ0v) is 21.2. The lowest BCUT2D eigenvalue weighted by atomic mass is 10.2. The lowest BCUT2D eigenvalue weighted by molar-refractivity contribution is -0.130. The van der Waals surface area contributed by atoms with Crippen molar-refractivity contribution in [3.63, 3.8) is 0 Å². The Kier molecular flexibility index (Phi) is 10.4. The van der Waals surface area contributed by atoms with Gasteiger partial charge < -0.3 is 24.8 Å². The Morgan fingerprint density at radius 2 is 1.88 bits per heavy atom. The van der Waals surface area contributed by atoms with E-state index >= 15 is 0 Å². The van der Waals surface area contributed by atoms with E-state index in [4.69, 9.17) is 9.73 Å². The first-order valence-electron chi connectivity index (χ1n) is 10.5. The summed E-state index contributed by atoms with van der Waals surface area (Å²) >= 11 is 0. The summed E-state index contributed by atoms with van der Waals surface area (Å²) < 4.78 is 5.61. The zero-order valence-electron chi connectivity index (χ0n) is 18.9. The van der Waals surface area contributed by atoms with E-state index < -0.39 is 0 Å². The number of amides is 1. The SMILES string of the molecule is CCNC(=NCc1cccc(OCC(=O)N(C)C)c1)N1CCN(c2ncccn2)CC1.I. The molecular formula is C22H32IN7O2. The third kappa shape index (κ3) is 7.50. The Hall–Kier alpha value is -2.63. The van der Waals surface area contributed by atoms with Gasteiger partial charge in [-0.05, 0) is 30.7 Å². The fourth-order valence-corrected chi connectivity index (χ4v) is 3.17. The maximum atomic E-state index is 11.7. The van der Waals surface area contributed by atoms with E-state index in [-0.39, 0.29) is 36.5 Å². The van der Waals surface area contributed by atoms with Crippen LogP contribution in [-0.2, 0) is 11.3 Å². The number of aromatic nitrogens is 2.